The maximum Gasteiger partial charge on any atom is 0.413 e. The molecular formula is C23H23F2N7O3. The minimum atomic E-state index is -1.09. The summed E-state index contributed by atoms with van der Waals surface area (Å²) in [6.45, 7) is 1.40. The van der Waals surface area contributed by atoms with E-state index in [4.69, 9.17) is 4.74 Å². The van der Waals surface area contributed by atoms with Gasteiger partial charge in [-0.15, -0.1) is 0 Å². The number of anilines is 2. The summed E-state index contributed by atoms with van der Waals surface area (Å²) in [4.78, 5) is 36.6. The Morgan fingerprint density at radius 2 is 1.97 bits per heavy atom. The normalized spacial score (nSPS) is 15.0. The molecule has 1 aliphatic carbocycles. The molecule has 2 N–H and O–H groups in total. The summed E-state index contributed by atoms with van der Waals surface area (Å²) < 4.78 is 33.9. The molecule has 0 aromatic carbocycles. The van der Waals surface area contributed by atoms with Crippen molar-refractivity contribution in [3.63, 3.8) is 0 Å². The standard InChI is InChI=1S/C23H23F2N7O3/c1-13(16-8-14(24)9-28-19(16)25)35-22(34)31-20-17(11-29-32(20)3)18-5-4-15(10-27-18)30-21(33)23(6-7-23)12-26-2/h4-5,8-13H,6-7H2,1-3H3,(H,30,33)(H,31,34)/t13-/m1/s1. The van der Waals surface area contributed by atoms with Crippen LogP contribution in [0.5, 0.6) is 0 Å². The smallest absolute Gasteiger partial charge is 0.413 e. The molecule has 1 fully saturated rings. The second-order valence-corrected chi connectivity index (χ2v) is 8.17. The van der Waals surface area contributed by atoms with Gasteiger partial charge in [-0.1, -0.05) is 0 Å². The number of aliphatic imine (C=N–C) groups is 1. The topological polar surface area (TPSA) is 123 Å². The van der Waals surface area contributed by atoms with E-state index in [1.54, 1.807) is 32.4 Å². The lowest BCUT2D eigenvalue weighted by Gasteiger charge is -2.15. The summed E-state index contributed by atoms with van der Waals surface area (Å²) in [7, 11) is 3.24. The van der Waals surface area contributed by atoms with Crippen LogP contribution in [0.25, 0.3) is 11.3 Å². The fourth-order valence-electron chi connectivity index (χ4n) is 3.53. The second-order valence-electron chi connectivity index (χ2n) is 8.17. The Hall–Kier alpha value is -4.22. The first kappa shape index (κ1) is 23.9. The highest BCUT2D eigenvalue weighted by Gasteiger charge is 2.48. The molecule has 4 rings (SSSR count). The lowest BCUT2D eigenvalue weighted by molar-refractivity contribution is -0.118. The largest absolute Gasteiger partial charge is 0.441 e. The summed E-state index contributed by atoms with van der Waals surface area (Å²) in [5.41, 5.74) is 0.756. The molecule has 3 aromatic rings. The van der Waals surface area contributed by atoms with Crippen molar-refractivity contribution < 1.29 is 23.1 Å². The lowest BCUT2D eigenvalue weighted by Crippen LogP contribution is -2.25. The number of nitrogens with zero attached hydrogens (tertiary/aromatic N) is 5. The van der Waals surface area contributed by atoms with Crippen LogP contribution in [0.15, 0.2) is 41.8 Å². The molecule has 0 aliphatic heterocycles. The van der Waals surface area contributed by atoms with Crippen molar-refractivity contribution in [3.8, 4) is 11.3 Å². The molecule has 1 atom stereocenters. The highest BCUT2D eigenvalue weighted by molar-refractivity contribution is 6.08. The molecule has 1 aliphatic rings. The van der Waals surface area contributed by atoms with E-state index in [9.17, 15) is 18.4 Å². The third kappa shape index (κ3) is 5.15. The van der Waals surface area contributed by atoms with Gasteiger partial charge in [-0.25, -0.2) is 14.2 Å². The van der Waals surface area contributed by atoms with Gasteiger partial charge < -0.3 is 10.1 Å². The third-order valence-corrected chi connectivity index (χ3v) is 5.63. The summed E-state index contributed by atoms with van der Waals surface area (Å²) >= 11 is 0. The van der Waals surface area contributed by atoms with E-state index in [0.717, 1.165) is 25.1 Å². The fourth-order valence-corrected chi connectivity index (χ4v) is 3.53. The molecule has 35 heavy (non-hydrogen) atoms. The van der Waals surface area contributed by atoms with Crippen LogP contribution in [-0.2, 0) is 16.6 Å². The van der Waals surface area contributed by atoms with Crippen molar-refractivity contribution in [3.05, 3.63) is 54.1 Å². The number of pyridine rings is 2. The van der Waals surface area contributed by atoms with Crippen LogP contribution in [0.1, 0.15) is 31.4 Å². The van der Waals surface area contributed by atoms with Gasteiger partial charge in [-0.05, 0) is 38.0 Å². The number of hydrogen-bond donors (Lipinski definition) is 2. The van der Waals surface area contributed by atoms with Crippen LogP contribution in [0.2, 0.25) is 0 Å². The van der Waals surface area contributed by atoms with E-state index in [0.29, 0.717) is 16.9 Å². The van der Waals surface area contributed by atoms with Gasteiger partial charge in [0.1, 0.15) is 17.7 Å². The van der Waals surface area contributed by atoms with E-state index < -0.39 is 29.4 Å². The minimum absolute atomic E-state index is 0.136. The van der Waals surface area contributed by atoms with Crippen molar-refractivity contribution in [2.75, 3.05) is 17.7 Å². The monoisotopic (exact) mass is 483 g/mol. The third-order valence-electron chi connectivity index (χ3n) is 5.63. The molecule has 10 nitrogen and oxygen atoms in total. The molecule has 3 heterocycles. The highest BCUT2D eigenvalue weighted by Crippen LogP contribution is 2.44. The maximum atomic E-state index is 13.9. The molecule has 2 amide bonds. The molecule has 0 spiro atoms. The zero-order chi connectivity index (χ0) is 25.2. The van der Waals surface area contributed by atoms with Gasteiger partial charge in [0.05, 0.1) is 46.5 Å². The molecule has 1 saturated carbocycles. The van der Waals surface area contributed by atoms with Crippen molar-refractivity contribution in [1.82, 2.24) is 19.7 Å². The molecule has 182 valence electrons. The predicted octanol–water partition coefficient (Wildman–Crippen LogP) is 3.88. The molecule has 3 aromatic heterocycles. The number of carbonyl (C=O) groups is 2. The number of hydrogen-bond acceptors (Lipinski definition) is 7. The predicted molar refractivity (Wildman–Crippen MR) is 124 cm³/mol. The zero-order valence-corrected chi connectivity index (χ0v) is 19.2. The van der Waals surface area contributed by atoms with E-state index in [2.05, 4.69) is 30.7 Å². The summed E-state index contributed by atoms with van der Waals surface area (Å²) in [6, 6.07) is 4.28. The average Bonchev–Trinajstić information content (AvgIpc) is 3.53. The summed E-state index contributed by atoms with van der Waals surface area (Å²) in [6.07, 6.45) is 4.92. The van der Waals surface area contributed by atoms with E-state index in [1.165, 1.54) is 24.0 Å². The Bertz CT molecular complexity index is 1290. The second kappa shape index (κ2) is 9.57. The molecule has 0 bridgehead atoms. The molecule has 0 radical (unpaired) electrons. The van der Waals surface area contributed by atoms with Crippen LogP contribution in [0.4, 0.5) is 25.1 Å². The minimum Gasteiger partial charge on any atom is -0.441 e. The average molecular weight is 483 g/mol. The summed E-state index contributed by atoms with van der Waals surface area (Å²) in [5, 5.41) is 9.54. The first-order valence-corrected chi connectivity index (χ1v) is 10.7. The lowest BCUT2D eigenvalue weighted by atomic mass is 10.1. The Morgan fingerprint density at radius 1 is 1.20 bits per heavy atom. The van der Waals surface area contributed by atoms with Gasteiger partial charge in [0.25, 0.3) is 0 Å². The number of nitrogens with one attached hydrogen (secondary N) is 2. The quantitative estimate of drug-likeness (QED) is 0.388. The Balaban J connectivity index is 1.45. The van der Waals surface area contributed by atoms with Crippen LogP contribution >= 0.6 is 0 Å². The molecule has 0 unspecified atom stereocenters. The van der Waals surface area contributed by atoms with Gasteiger partial charge >= 0.3 is 6.09 Å². The van der Waals surface area contributed by atoms with Crippen molar-refractivity contribution in [1.29, 1.82) is 0 Å². The Labute approximate surface area is 199 Å². The van der Waals surface area contributed by atoms with Crippen LogP contribution in [-0.4, -0.2) is 45.0 Å². The van der Waals surface area contributed by atoms with Gasteiger partial charge in [0.2, 0.25) is 11.9 Å². The van der Waals surface area contributed by atoms with Crippen molar-refractivity contribution >= 4 is 29.7 Å². The first-order chi connectivity index (χ1) is 16.7. The number of amides is 2. The molecular weight excluding hydrogens is 460 g/mol. The molecule has 12 heteroatoms. The number of rotatable bonds is 7. The number of carbonyl (C=O) groups excluding carboxylic acids is 2. The summed E-state index contributed by atoms with van der Waals surface area (Å²) in [5.74, 6) is -1.54. The number of ether oxygens (including phenoxy) is 1. The van der Waals surface area contributed by atoms with Gasteiger partial charge in [0.15, 0.2) is 0 Å². The van der Waals surface area contributed by atoms with Crippen LogP contribution in [0, 0.1) is 17.2 Å². The van der Waals surface area contributed by atoms with Crippen LogP contribution in [0.3, 0.4) is 0 Å². The van der Waals surface area contributed by atoms with E-state index in [1.807, 2.05) is 0 Å². The van der Waals surface area contributed by atoms with Gasteiger partial charge in [-0.2, -0.15) is 9.49 Å². The fraction of sp³-hybridized carbons (Fsp3) is 0.304. The highest BCUT2D eigenvalue weighted by atomic mass is 19.1. The van der Waals surface area contributed by atoms with Gasteiger partial charge in [-0.3, -0.25) is 24.8 Å². The van der Waals surface area contributed by atoms with Crippen molar-refractivity contribution in [2.45, 2.75) is 25.9 Å². The van der Waals surface area contributed by atoms with E-state index >= 15 is 0 Å². The van der Waals surface area contributed by atoms with Gasteiger partial charge in [0, 0.05) is 20.3 Å². The Morgan fingerprint density at radius 3 is 2.63 bits per heavy atom. The Kier molecular flexibility index (Phi) is 6.54. The first-order valence-electron chi connectivity index (χ1n) is 10.7. The number of aryl methyl sites for hydroxylation is 1. The maximum absolute atomic E-state index is 13.9. The number of halogens is 2. The van der Waals surface area contributed by atoms with E-state index in [-0.39, 0.29) is 17.3 Å². The zero-order valence-electron chi connectivity index (χ0n) is 19.2. The number of aromatic nitrogens is 4. The SMILES string of the molecule is CN=CC1(C(=O)Nc2ccc(-c3cnn(C)c3NC(=O)O[C@H](C)c3cc(F)cnc3F)nc2)CC1. The molecule has 0 saturated heterocycles. The van der Waals surface area contributed by atoms with Crippen LogP contribution < -0.4 is 10.6 Å². The van der Waals surface area contributed by atoms with Crippen molar-refractivity contribution in [2.24, 2.45) is 17.5 Å².